The third-order valence-electron chi connectivity index (χ3n) is 6.42. The summed E-state index contributed by atoms with van der Waals surface area (Å²) >= 11 is 6.21. The van der Waals surface area contributed by atoms with Crippen LogP contribution in [0.4, 0.5) is 5.69 Å². The minimum absolute atomic E-state index is 0.300. The van der Waals surface area contributed by atoms with E-state index in [4.69, 9.17) is 25.8 Å². The first-order chi connectivity index (χ1) is 18.2. The molecule has 8 heteroatoms. The van der Waals surface area contributed by atoms with Crippen molar-refractivity contribution >= 4 is 35.2 Å². The fourth-order valence-electron chi connectivity index (χ4n) is 4.24. The highest BCUT2D eigenvalue weighted by atomic mass is 35.5. The minimum atomic E-state index is -1.32. The smallest absolute Gasteiger partial charge is 0.350 e. The zero-order chi connectivity index (χ0) is 27.8. The van der Waals surface area contributed by atoms with Gasteiger partial charge >= 0.3 is 17.9 Å². The molecule has 212 valence electrons. The van der Waals surface area contributed by atoms with E-state index in [0.717, 1.165) is 25.5 Å². The summed E-state index contributed by atoms with van der Waals surface area (Å²) in [7, 11) is 0. The molecule has 0 radical (unpaired) electrons. The summed E-state index contributed by atoms with van der Waals surface area (Å²) in [5, 5.41) is 3.09. The maximum Gasteiger partial charge on any atom is 0.350 e. The number of carbonyl (C=O) groups is 3. The maximum absolute atomic E-state index is 12.5. The lowest BCUT2D eigenvalue weighted by molar-refractivity contribution is -0.222. The molecule has 0 amide bonds. The molecular weight excluding hydrogens is 506 g/mol. The molecule has 0 spiro atoms. The van der Waals surface area contributed by atoms with Gasteiger partial charge in [0.1, 0.15) is 0 Å². The van der Waals surface area contributed by atoms with Gasteiger partial charge in [0.05, 0.1) is 22.9 Å². The van der Waals surface area contributed by atoms with E-state index in [1.54, 1.807) is 12.1 Å². The van der Waals surface area contributed by atoms with Gasteiger partial charge in [0, 0.05) is 20.0 Å². The van der Waals surface area contributed by atoms with Gasteiger partial charge in [-0.25, -0.2) is 14.4 Å². The van der Waals surface area contributed by atoms with Gasteiger partial charge in [-0.1, -0.05) is 102 Å². The number of hydrogen-bond donors (Lipinski definition) is 1. The number of nitrogens with one attached hydrogen (secondary N) is 1. The molecule has 0 bridgehead atoms. The van der Waals surface area contributed by atoms with Crippen LogP contribution in [0.25, 0.3) is 0 Å². The van der Waals surface area contributed by atoms with E-state index in [9.17, 15) is 14.4 Å². The molecule has 1 saturated heterocycles. The summed E-state index contributed by atoms with van der Waals surface area (Å²) in [5.41, 5.74) is 0.359. The Morgan fingerprint density at radius 3 is 1.89 bits per heavy atom. The predicted molar refractivity (Wildman–Crippen MR) is 150 cm³/mol. The van der Waals surface area contributed by atoms with Gasteiger partial charge in [0.2, 0.25) is 0 Å². The van der Waals surface area contributed by atoms with E-state index in [0.29, 0.717) is 22.9 Å². The third-order valence-corrected chi connectivity index (χ3v) is 6.75. The Bertz CT molecular complexity index is 921. The number of ether oxygens (including phenoxy) is 3. The van der Waals surface area contributed by atoms with Crippen LogP contribution in [0.5, 0.6) is 0 Å². The number of cyclic esters (lactones) is 2. The summed E-state index contributed by atoms with van der Waals surface area (Å²) in [6.07, 6.45) is 18.9. The van der Waals surface area contributed by atoms with Crippen molar-refractivity contribution in [2.24, 2.45) is 0 Å². The second kappa shape index (κ2) is 17.1. The first kappa shape index (κ1) is 31.7. The summed E-state index contributed by atoms with van der Waals surface area (Å²) in [5.74, 6) is -3.39. The third kappa shape index (κ3) is 11.9. The molecule has 1 aliphatic heterocycles. The first-order valence-electron chi connectivity index (χ1n) is 14.1. The average molecular weight is 550 g/mol. The molecular formula is C30H44ClNO6. The van der Waals surface area contributed by atoms with Gasteiger partial charge in [0.15, 0.2) is 5.57 Å². The molecule has 1 heterocycles. The van der Waals surface area contributed by atoms with Crippen molar-refractivity contribution < 1.29 is 28.6 Å². The standard InChI is InChI=1S/C30H44ClNO6/c1-4-5-6-7-8-9-10-11-12-13-14-15-16-17-20-36-27(33)23-18-19-25(31)26(21-23)32-22-24-28(34)37-30(2,3)38-29(24)35/h18-19,21-22,32H,4-17,20H2,1-3H3. The van der Waals surface area contributed by atoms with Gasteiger partial charge in [0.25, 0.3) is 5.79 Å². The molecule has 0 atom stereocenters. The van der Waals surface area contributed by atoms with E-state index in [1.807, 2.05) is 0 Å². The molecule has 0 saturated carbocycles. The zero-order valence-corrected chi connectivity index (χ0v) is 24.0. The van der Waals surface area contributed by atoms with Gasteiger partial charge in [-0.3, -0.25) is 0 Å². The zero-order valence-electron chi connectivity index (χ0n) is 23.2. The van der Waals surface area contributed by atoms with Crippen LogP contribution in [0, 0.1) is 0 Å². The Balaban J connectivity index is 1.62. The van der Waals surface area contributed by atoms with Gasteiger partial charge in [-0.15, -0.1) is 0 Å². The average Bonchev–Trinajstić information content (AvgIpc) is 2.86. The summed E-state index contributed by atoms with van der Waals surface area (Å²) < 4.78 is 15.5. The van der Waals surface area contributed by atoms with Gasteiger partial charge < -0.3 is 19.5 Å². The number of unbranched alkanes of at least 4 members (excludes halogenated alkanes) is 13. The van der Waals surface area contributed by atoms with Crippen molar-refractivity contribution in [2.45, 2.75) is 116 Å². The van der Waals surface area contributed by atoms with Crippen molar-refractivity contribution in [3.8, 4) is 0 Å². The van der Waals surface area contributed by atoms with Crippen LogP contribution in [0.3, 0.4) is 0 Å². The van der Waals surface area contributed by atoms with Crippen molar-refractivity contribution in [1.29, 1.82) is 0 Å². The number of carbonyl (C=O) groups excluding carboxylic acids is 3. The number of benzene rings is 1. The highest BCUT2D eigenvalue weighted by Crippen LogP contribution is 2.26. The van der Waals surface area contributed by atoms with Crippen LogP contribution in [-0.4, -0.2) is 30.3 Å². The molecule has 0 unspecified atom stereocenters. The lowest BCUT2D eigenvalue weighted by atomic mass is 10.0. The van der Waals surface area contributed by atoms with E-state index in [2.05, 4.69) is 12.2 Å². The van der Waals surface area contributed by atoms with E-state index in [-0.39, 0.29) is 5.57 Å². The second-order valence-corrected chi connectivity index (χ2v) is 10.7. The summed E-state index contributed by atoms with van der Waals surface area (Å²) in [6, 6.07) is 4.63. The first-order valence-corrected chi connectivity index (χ1v) is 14.5. The fourth-order valence-corrected chi connectivity index (χ4v) is 4.41. The molecule has 1 fully saturated rings. The maximum atomic E-state index is 12.5. The lowest BCUT2D eigenvalue weighted by Gasteiger charge is -2.29. The van der Waals surface area contributed by atoms with Crippen LogP contribution < -0.4 is 5.32 Å². The van der Waals surface area contributed by atoms with E-state index >= 15 is 0 Å². The number of esters is 3. The minimum Gasteiger partial charge on any atom is -0.462 e. The van der Waals surface area contributed by atoms with Crippen molar-refractivity contribution in [3.05, 3.63) is 40.6 Å². The van der Waals surface area contributed by atoms with Crippen LogP contribution >= 0.6 is 11.6 Å². The van der Waals surface area contributed by atoms with Crippen molar-refractivity contribution in [3.63, 3.8) is 0 Å². The quantitative estimate of drug-likeness (QED) is 0.0855. The Kier molecular flexibility index (Phi) is 14.3. The largest absolute Gasteiger partial charge is 0.462 e. The van der Waals surface area contributed by atoms with Crippen LogP contribution in [-0.2, 0) is 23.8 Å². The van der Waals surface area contributed by atoms with Gasteiger partial charge in [-0.2, -0.15) is 0 Å². The molecule has 0 aliphatic carbocycles. The number of rotatable bonds is 18. The molecule has 2 rings (SSSR count). The summed E-state index contributed by atoms with van der Waals surface area (Å²) in [6.45, 7) is 5.56. The summed E-state index contributed by atoms with van der Waals surface area (Å²) in [4.78, 5) is 36.6. The van der Waals surface area contributed by atoms with Crippen LogP contribution in [0.2, 0.25) is 5.02 Å². The highest BCUT2D eigenvalue weighted by molar-refractivity contribution is 6.33. The number of hydrogen-bond acceptors (Lipinski definition) is 7. The highest BCUT2D eigenvalue weighted by Gasteiger charge is 2.39. The fraction of sp³-hybridized carbons (Fsp3) is 0.633. The SMILES string of the molecule is CCCCCCCCCCCCCCCCOC(=O)c1ccc(Cl)c(NC=C2C(=O)OC(C)(C)OC2=O)c1. The molecule has 0 aromatic heterocycles. The van der Waals surface area contributed by atoms with E-state index < -0.39 is 23.7 Å². The Hall–Kier alpha value is -2.54. The molecule has 7 nitrogen and oxygen atoms in total. The van der Waals surface area contributed by atoms with Crippen molar-refractivity contribution in [2.75, 3.05) is 11.9 Å². The Labute approximate surface area is 232 Å². The molecule has 1 aliphatic rings. The monoisotopic (exact) mass is 549 g/mol. The van der Waals surface area contributed by atoms with Gasteiger partial charge in [-0.05, 0) is 24.6 Å². The molecule has 1 aromatic rings. The Morgan fingerprint density at radius 2 is 1.37 bits per heavy atom. The lowest BCUT2D eigenvalue weighted by Crippen LogP contribution is -2.42. The number of anilines is 1. The molecule has 38 heavy (non-hydrogen) atoms. The normalized spacial score (nSPS) is 14.6. The number of halogens is 1. The molecule has 1 N–H and O–H groups in total. The molecule has 1 aromatic carbocycles. The topological polar surface area (TPSA) is 90.9 Å². The van der Waals surface area contributed by atoms with Crippen LogP contribution in [0.15, 0.2) is 30.0 Å². The predicted octanol–water partition coefficient (Wildman–Crippen LogP) is 8.11. The van der Waals surface area contributed by atoms with E-state index in [1.165, 1.54) is 90.5 Å². The Morgan fingerprint density at radius 1 is 0.868 bits per heavy atom. The second-order valence-electron chi connectivity index (χ2n) is 10.3. The van der Waals surface area contributed by atoms with Crippen LogP contribution in [0.1, 0.15) is 121 Å². The van der Waals surface area contributed by atoms with Crippen molar-refractivity contribution in [1.82, 2.24) is 0 Å².